The van der Waals surface area contributed by atoms with E-state index in [1.54, 1.807) is 0 Å². The van der Waals surface area contributed by atoms with Crippen LogP contribution in [0.4, 0.5) is 5.69 Å². The molecule has 6 heteroatoms. The molecule has 2 rings (SSSR count). The van der Waals surface area contributed by atoms with E-state index in [1.165, 1.54) is 29.5 Å². The first-order chi connectivity index (χ1) is 9.92. The van der Waals surface area contributed by atoms with Gasteiger partial charge >= 0.3 is 5.97 Å². The van der Waals surface area contributed by atoms with Gasteiger partial charge in [-0.05, 0) is 43.2 Å². The molecule has 0 aliphatic heterocycles. The van der Waals surface area contributed by atoms with Gasteiger partial charge in [-0.15, -0.1) is 11.3 Å². The van der Waals surface area contributed by atoms with Crippen LogP contribution in [0.1, 0.15) is 37.4 Å². The molecule has 0 atom stereocenters. The smallest absolute Gasteiger partial charge is 0.337 e. The predicted molar refractivity (Wildman–Crippen MR) is 84.8 cm³/mol. The highest BCUT2D eigenvalue weighted by atomic mass is 35.5. The van der Waals surface area contributed by atoms with E-state index in [0.29, 0.717) is 10.6 Å². The van der Waals surface area contributed by atoms with Crippen molar-refractivity contribution in [1.29, 1.82) is 0 Å². The van der Waals surface area contributed by atoms with Gasteiger partial charge in [-0.1, -0.05) is 18.5 Å². The third-order valence-corrected chi connectivity index (χ3v) is 4.49. The Balaban J connectivity index is 2.19. The average molecular weight is 324 g/mol. The highest BCUT2D eigenvalue weighted by molar-refractivity contribution is 7.14. The summed E-state index contributed by atoms with van der Waals surface area (Å²) in [6.45, 7) is 4.03. The van der Waals surface area contributed by atoms with E-state index >= 15 is 0 Å². The Kier molecular flexibility index (Phi) is 4.65. The van der Waals surface area contributed by atoms with E-state index in [2.05, 4.69) is 5.32 Å². The first-order valence-corrected chi connectivity index (χ1v) is 7.55. The molecule has 1 amide bonds. The van der Waals surface area contributed by atoms with Crippen molar-refractivity contribution in [2.45, 2.75) is 20.3 Å². The van der Waals surface area contributed by atoms with Crippen LogP contribution in [-0.2, 0) is 6.42 Å². The summed E-state index contributed by atoms with van der Waals surface area (Å²) in [6.07, 6.45) is 0.884. The molecule has 4 nitrogen and oxygen atoms in total. The van der Waals surface area contributed by atoms with Crippen molar-refractivity contribution in [1.82, 2.24) is 0 Å². The Morgan fingerprint density at radius 1 is 1.33 bits per heavy atom. The van der Waals surface area contributed by atoms with Gasteiger partial charge in [0.25, 0.3) is 5.91 Å². The van der Waals surface area contributed by atoms with Crippen LogP contribution in [0.3, 0.4) is 0 Å². The van der Waals surface area contributed by atoms with Crippen LogP contribution in [0.5, 0.6) is 0 Å². The topological polar surface area (TPSA) is 66.4 Å². The molecule has 0 bridgehead atoms. The molecule has 0 radical (unpaired) electrons. The number of aryl methyl sites for hydroxylation is 2. The van der Waals surface area contributed by atoms with Gasteiger partial charge in [0.05, 0.1) is 15.5 Å². The number of thiophene rings is 1. The second-order valence-electron chi connectivity index (χ2n) is 4.50. The van der Waals surface area contributed by atoms with Gasteiger partial charge in [-0.2, -0.15) is 0 Å². The largest absolute Gasteiger partial charge is 0.478 e. The van der Waals surface area contributed by atoms with E-state index in [4.69, 9.17) is 16.7 Å². The number of carbonyl (C=O) groups is 2. The minimum absolute atomic E-state index is 0.00917. The van der Waals surface area contributed by atoms with Crippen LogP contribution in [0.25, 0.3) is 0 Å². The highest BCUT2D eigenvalue weighted by Gasteiger charge is 2.14. The highest BCUT2D eigenvalue weighted by Crippen LogP contribution is 2.25. The number of halogens is 1. The van der Waals surface area contributed by atoms with Crippen molar-refractivity contribution in [2.75, 3.05) is 5.32 Å². The lowest BCUT2D eigenvalue weighted by Crippen LogP contribution is -2.10. The summed E-state index contributed by atoms with van der Waals surface area (Å²) in [5, 5.41) is 11.7. The zero-order valence-corrected chi connectivity index (χ0v) is 13.1. The molecule has 1 aromatic carbocycles. The van der Waals surface area contributed by atoms with E-state index in [0.717, 1.165) is 16.9 Å². The number of anilines is 1. The van der Waals surface area contributed by atoms with Crippen LogP contribution in [-0.4, -0.2) is 17.0 Å². The molecule has 2 aromatic rings. The van der Waals surface area contributed by atoms with Gasteiger partial charge in [-0.3, -0.25) is 4.79 Å². The van der Waals surface area contributed by atoms with Crippen LogP contribution < -0.4 is 5.32 Å². The lowest BCUT2D eigenvalue weighted by molar-refractivity contribution is 0.0697. The van der Waals surface area contributed by atoms with E-state index in [-0.39, 0.29) is 16.5 Å². The van der Waals surface area contributed by atoms with Crippen molar-refractivity contribution in [2.24, 2.45) is 0 Å². The molecule has 0 aliphatic rings. The van der Waals surface area contributed by atoms with Gasteiger partial charge in [-0.25, -0.2) is 4.79 Å². The molecule has 0 spiro atoms. The van der Waals surface area contributed by atoms with Gasteiger partial charge in [0.15, 0.2) is 0 Å². The fourth-order valence-corrected chi connectivity index (χ4v) is 3.21. The molecule has 0 saturated carbocycles. The first kappa shape index (κ1) is 15.5. The number of benzene rings is 1. The quantitative estimate of drug-likeness (QED) is 0.885. The number of carbonyl (C=O) groups excluding carboxylic acids is 1. The summed E-state index contributed by atoms with van der Waals surface area (Å²) in [5.41, 5.74) is 1.64. The molecule has 1 aromatic heterocycles. The minimum Gasteiger partial charge on any atom is -0.478 e. The third-order valence-electron chi connectivity index (χ3n) is 3.08. The van der Waals surface area contributed by atoms with E-state index < -0.39 is 5.97 Å². The summed E-state index contributed by atoms with van der Waals surface area (Å²) in [5.74, 6) is -1.32. The number of amides is 1. The van der Waals surface area contributed by atoms with Crippen LogP contribution in [0.15, 0.2) is 24.3 Å². The Labute approximate surface area is 131 Å². The van der Waals surface area contributed by atoms with Gasteiger partial charge < -0.3 is 10.4 Å². The second-order valence-corrected chi connectivity index (χ2v) is 6.16. The lowest BCUT2D eigenvalue weighted by atomic mass is 10.2. The third kappa shape index (κ3) is 3.43. The first-order valence-electron chi connectivity index (χ1n) is 6.36. The number of carboxylic acid groups (broad SMARTS) is 1. The van der Waals surface area contributed by atoms with Gasteiger partial charge in [0.1, 0.15) is 0 Å². The zero-order chi connectivity index (χ0) is 15.6. The summed E-state index contributed by atoms with van der Waals surface area (Å²) >= 11 is 7.32. The zero-order valence-electron chi connectivity index (χ0n) is 11.6. The molecular weight excluding hydrogens is 310 g/mol. The summed E-state index contributed by atoms with van der Waals surface area (Å²) in [6, 6.07) is 6.21. The van der Waals surface area contributed by atoms with Crippen LogP contribution >= 0.6 is 22.9 Å². The SMILES string of the molecule is CCc1cc(C(=O)Nc2ccc(C(=O)O)c(Cl)c2)sc1C. The number of carboxylic acids is 1. The van der Waals surface area contributed by atoms with Crippen molar-refractivity contribution in [3.05, 3.63) is 50.2 Å². The minimum atomic E-state index is -1.10. The normalized spacial score (nSPS) is 10.4. The maximum atomic E-state index is 12.2. The number of rotatable bonds is 4. The fraction of sp³-hybridized carbons (Fsp3) is 0.200. The molecule has 0 fully saturated rings. The summed E-state index contributed by atoms with van der Waals surface area (Å²) in [7, 11) is 0. The number of aromatic carboxylic acids is 1. The molecule has 0 saturated heterocycles. The second kappa shape index (κ2) is 6.28. The Bertz CT molecular complexity index is 709. The molecule has 21 heavy (non-hydrogen) atoms. The average Bonchev–Trinajstić information content (AvgIpc) is 2.79. The number of nitrogens with one attached hydrogen (secondary N) is 1. The van der Waals surface area contributed by atoms with Crippen molar-refractivity contribution in [3.63, 3.8) is 0 Å². The maximum Gasteiger partial charge on any atom is 0.337 e. The van der Waals surface area contributed by atoms with Crippen molar-refractivity contribution < 1.29 is 14.7 Å². The lowest BCUT2D eigenvalue weighted by Gasteiger charge is -2.05. The summed E-state index contributed by atoms with van der Waals surface area (Å²) in [4.78, 5) is 24.8. The molecule has 0 unspecified atom stereocenters. The van der Waals surface area contributed by atoms with Gasteiger partial charge in [0, 0.05) is 10.6 Å². The molecule has 110 valence electrons. The fourth-order valence-electron chi connectivity index (χ4n) is 1.94. The van der Waals surface area contributed by atoms with E-state index in [1.807, 2.05) is 19.9 Å². The molecule has 1 heterocycles. The van der Waals surface area contributed by atoms with Gasteiger partial charge in [0.2, 0.25) is 0 Å². The molecular formula is C15H14ClNO3S. The standard InChI is InChI=1S/C15H14ClNO3S/c1-3-9-6-13(21-8(9)2)14(18)17-10-4-5-11(15(19)20)12(16)7-10/h4-7H,3H2,1-2H3,(H,17,18)(H,19,20). The number of hydrogen-bond donors (Lipinski definition) is 2. The van der Waals surface area contributed by atoms with Crippen molar-refractivity contribution >= 4 is 40.5 Å². The predicted octanol–water partition coefficient (Wildman–Crippen LogP) is 4.22. The maximum absolute atomic E-state index is 12.2. The Morgan fingerprint density at radius 2 is 2.05 bits per heavy atom. The monoisotopic (exact) mass is 323 g/mol. The molecule has 0 aliphatic carbocycles. The van der Waals surface area contributed by atoms with Crippen molar-refractivity contribution in [3.8, 4) is 0 Å². The Morgan fingerprint density at radius 3 is 2.57 bits per heavy atom. The van der Waals surface area contributed by atoms with Crippen LogP contribution in [0.2, 0.25) is 5.02 Å². The molecule has 2 N–H and O–H groups in total. The Hall–Kier alpha value is -1.85. The number of hydrogen-bond acceptors (Lipinski definition) is 3. The van der Waals surface area contributed by atoms with Crippen LogP contribution in [0, 0.1) is 6.92 Å². The van der Waals surface area contributed by atoms with E-state index in [9.17, 15) is 9.59 Å². The summed E-state index contributed by atoms with van der Waals surface area (Å²) < 4.78 is 0.